The molecular weight excluding hydrogens is 295 g/mol. The van der Waals surface area contributed by atoms with E-state index in [-0.39, 0.29) is 5.91 Å². The molecule has 0 spiro atoms. The van der Waals surface area contributed by atoms with E-state index in [2.05, 4.69) is 5.32 Å². The molecule has 3 nitrogen and oxygen atoms in total. The third-order valence-corrected chi connectivity index (χ3v) is 3.31. The van der Waals surface area contributed by atoms with Crippen molar-refractivity contribution in [3.63, 3.8) is 0 Å². The molecule has 1 N–H and O–H groups in total. The van der Waals surface area contributed by atoms with Gasteiger partial charge in [0, 0.05) is 17.1 Å². The summed E-state index contributed by atoms with van der Waals surface area (Å²) in [6.45, 7) is 0. The van der Waals surface area contributed by atoms with Crippen LogP contribution in [0.15, 0.2) is 42.5 Å². The lowest BCUT2D eigenvalue weighted by atomic mass is 10.1. The van der Waals surface area contributed by atoms with Crippen molar-refractivity contribution in [2.75, 3.05) is 5.32 Å². The van der Waals surface area contributed by atoms with Gasteiger partial charge in [-0.05, 0) is 35.9 Å². The molecule has 0 unspecified atom stereocenters. The zero-order chi connectivity index (χ0) is 14.5. The maximum Gasteiger partial charge on any atom is 0.255 e. The average molecular weight is 305 g/mol. The van der Waals surface area contributed by atoms with E-state index in [1.54, 1.807) is 36.4 Å². The number of benzene rings is 2. The van der Waals surface area contributed by atoms with Gasteiger partial charge in [-0.2, -0.15) is 5.26 Å². The Balaban J connectivity index is 2.19. The lowest BCUT2D eigenvalue weighted by molar-refractivity contribution is 0.102. The summed E-state index contributed by atoms with van der Waals surface area (Å²) >= 11 is 11.7. The van der Waals surface area contributed by atoms with Gasteiger partial charge >= 0.3 is 0 Å². The van der Waals surface area contributed by atoms with Gasteiger partial charge in [0.25, 0.3) is 5.91 Å². The van der Waals surface area contributed by atoms with Gasteiger partial charge in [-0.1, -0.05) is 23.7 Å². The van der Waals surface area contributed by atoms with Crippen LogP contribution in [-0.2, 0) is 5.88 Å². The predicted molar refractivity (Wildman–Crippen MR) is 80.1 cm³/mol. The minimum Gasteiger partial charge on any atom is -0.322 e. The molecule has 0 aliphatic heterocycles. The van der Waals surface area contributed by atoms with Gasteiger partial charge < -0.3 is 5.32 Å². The number of amides is 1. The van der Waals surface area contributed by atoms with Crippen LogP contribution in [0.2, 0.25) is 5.02 Å². The third-order valence-electron chi connectivity index (χ3n) is 2.69. The summed E-state index contributed by atoms with van der Waals surface area (Å²) in [5.41, 5.74) is 2.30. The van der Waals surface area contributed by atoms with E-state index in [4.69, 9.17) is 28.5 Å². The number of rotatable bonds is 3. The van der Waals surface area contributed by atoms with Crippen LogP contribution in [-0.4, -0.2) is 5.91 Å². The number of nitrogens with one attached hydrogen (secondary N) is 1. The van der Waals surface area contributed by atoms with Crippen molar-refractivity contribution in [1.29, 1.82) is 5.26 Å². The fourth-order valence-corrected chi connectivity index (χ4v) is 2.07. The Kier molecular flexibility index (Phi) is 4.62. The number of halogens is 2. The zero-order valence-electron chi connectivity index (χ0n) is 10.4. The Morgan fingerprint density at radius 3 is 2.70 bits per heavy atom. The van der Waals surface area contributed by atoms with Gasteiger partial charge in [0.05, 0.1) is 10.6 Å². The van der Waals surface area contributed by atoms with Gasteiger partial charge in [-0.3, -0.25) is 4.79 Å². The normalized spacial score (nSPS) is 9.85. The Morgan fingerprint density at radius 2 is 2.05 bits per heavy atom. The number of carbonyl (C=O) groups is 1. The Labute approximate surface area is 126 Å². The molecule has 0 aliphatic rings. The molecule has 0 atom stereocenters. The van der Waals surface area contributed by atoms with Crippen molar-refractivity contribution in [3.8, 4) is 6.07 Å². The smallest absolute Gasteiger partial charge is 0.255 e. The highest BCUT2D eigenvalue weighted by atomic mass is 35.5. The molecule has 20 heavy (non-hydrogen) atoms. The van der Waals surface area contributed by atoms with Crippen molar-refractivity contribution >= 4 is 34.8 Å². The van der Waals surface area contributed by atoms with Gasteiger partial charge in [0.2, 0.25) is 0 Å². The van der Waals surface area contributed by atoms with Crippen molar-refractivity contribution in [2.24, 2.45) is 0 Å². The summed E-state index contributed by atoms with van der Waals surface area (Å²) in [5, 5.41) is 11.8. The number of nitriles is 1. The van der Waals surface area contributed by atoms with E-state index in [9.17, 15) is 4.79 Å². The van der Waals surface area contributed by atoms with Crippen LogP contribution in [0.25, 0.3) is 0 Å². The number of nitrogens with zero attached hydrogens (tertiary/aromatic N) is 1. The number of carbonyl (C=O) groups excluding carboxylic acids is 1. The summed E-state index contributed by atoms with van der Waals surface area (Å²) in [5.74, 6) is 0.0989. The molecule has 0 radical (unpaired) electrons. The highest BCUT2D eigenvalue weighted by Crippen LogP contribution is 2.21. The molecule has 0 saturated carbocycles. The first-order valence-corrected chi connectivity index (χ1v) is 6.71. The van der Waals surface area contributed by atoms with E-state index in [0.717, 1.165) is 5.56 Å². The van der Waals surface area contributed by atoms with Crippen LogP contribution in [0, 0.1) is 11.3 Å². The minimum atomic E-state index is -0.252. The van der Waals surface area contributed by atoms with Crippen LogP contribution in [0.1, 0.15) is 21.5 Å². The maximum absolute atomic E-state index is 12.1. The number of alkyl halides is 1. The Morgan fingerprint density at radius 1 is 1.25 bits per heavy atom. The molecular formula is C15H10Cl2N2O. The quantitative estimate of drug-likeness (QED) is 0.864. The van der Waals surface area contributed by atoms with E-state index >= 15 is 0 Å². The summed E-state index contributed by atoms with van der Waals surface area (Å²) in [4.78, 5) is 12.1. The first kappa shape index (κ1) is 14.4. The van der Waals surface area contributed by atoms with Crippen LogP contribution in [0.3, 0.4) is 0 Å². The summed E-state index contributed by atoms with van der Waals surface area (Å²) in [6, 6.07) is 13.8. The molecule has 0 aliphatic carbocycles. The average Bonchev–Trinajstić information content (AvgIpc) is 2.47. The molecule has 0 saturated heterocycles. The molecule has 2 aromatic carbocycles. The molecule has 0 fully saturated rings. The van der Waals surface area contributed by atoms with Crippen molar-refractivity contribution < 1.29 is 4.79 Å². The fourth-order valence-electron chi connectivity index (χ4n) is 1.68. The predicted octanol–water partition coefficient (Wildman–Crippen LogP) is 4.20. The molecule has 1 amide bonds. The second-order valence-corrected chi connectivity index (χ2v) is 4.77. The van der Waals surface area contributed by atoms with Gasteiger partial charge in [-0.25, -0.2) is 0 Å². The van der Waals surface area contributed by atoms with Crippen molar-refractivity contribution in [3.05, 3.63) is 64.2 Å². The second kappa shape index (κ2) is 6.42. The van der Waals surface area contributed by atoms with Crippen LogP contribution in [0.5, 0.6) is 0 Å². The van der Waals surface area contributed by atoms with Gasteiger partial charge in [-0.15, -0.1) is 11.6 Å². The largest absolute Gasteiger partial charge is 0.322 e. The van der Waals surface area contributed by atoms with Crippen molar-refractivity contribution in [1.82, 2.24) is 0 Å². The van der Waals surface area contributed by atoms with E-state index in [1.165, 1.54) is 0 Å². The van der Waals surface area contributed by atoms with E-state index in [0.29, 0.717) is 27.7 Å². The van der Waals surface area contributed by atoms with E-state index in [1.807, 2.05) is 12.1 Å². The summed E-state index contributed by atoms with van der Waals surface area (Å²) in [7, 11) is 0. The van der Waals surface area contributed by atoms with Crippen LogP contribution < -0.4 is 5.32 Å². The monoisotopic (exact) mass is 304 g/mol. The minimum absolute atomic E-state index is 0.252. The lowest BCUT2D eigenvalue weighted by Crippen LogP contribution is -2.12. The molecule has 0 bridgehead atoms. The SMILES string of the molecule is N#Cc1ccc(NC(=O)c2cccc(CCl)c2)cc1Cl. The highest BCUT2D eigenvalue weighted by molar-refractivity contribution is 6.32. The standard InChI is InChI=1S/C15H10Cl2N2O/c16-8-10-2-1-3-11(6-10)15(20)19-13-5-4-12(9-18)14(17)7-13/h1-7H,8H2,(H,19,20). The van der Waals surface area contributed by atoms with E-state index < -0.39 is 0 Å². The topological polar surface area (TPSA) is 52.9 Å². The summed E-state index contributed by atoms with van der Waals surface area (Å²) < 4.78 is 0. The van der Waals surface area contributed by atoms with Crippen molar-refractivity contribution in [2.45, 2.75) is 5.88 Å². The first-order chi connectivity index (χ1) is 9.63. The second-order valence-electron chi connectivity index (χ2n) is 4.09. The first-order valence-electron chi connectivity index (χ1n) is 5.80. The number of hydrogen-bond donors (Lipinski definition) is 1. The highest BCUT2D eigenvalue weighted by Gasteiger charge is 2.08. The fraction of sp³-hybridized carbons (Fsp3) is 0.0667. The number of anilines is 1. The van der Waals surface area contributed by atoms with Crippen LogP contribution >= 0.6 is 23.2 Å². The molecule has 0 aromatic heterocycles. The summed E-state index contributed by atoms with van der Waals surface area (Å²) in [6.07, 6.45) is 0. The molecule has 2 rings (SSSR count). The number of hydrogen-bond acceptors (Lipinski definition) is 2. The maximum atomic E-state index is 12.1. The van der Waals surface area contributed by atoms with Gasteiger partial charge in [0.15, 0.2) is 0 Å². The Hall–Kier alpha value is -2.02. The molecule has 2 aromatic rings. The zero-order valence-corrected chi connectivity index (χ0v) is 11.9. The third kappa shape index (κ3) is 3.30. The molecule has 100 valence electrons. The lowest BCUT2D eigenvalue weighted by Gasteiger charge is -2.07. The van der Waals surface area contributed by atoms with Gasteiger partial charge in [0.1, 0.15) is 6.07 Å². The van der Waals surface area contributed by atoms with Crippen LogP contribution in [0.4, 0.5) is 5.69 Å². The molecule has 0 heterocycles. The molecule has 5 heteroatoms. The Bertz CT molecular complexity index is 693.